The lowest BCUT2D eigenvalue weighted by molar-refractivity contribution is 0.0997. The van der Waals surface area contributed by atoms with E-state index in [-0.39, 0.29) is 5.78 Å². The molecular weight excluding hydrogens is 206 g/mol. The summed E-state index contributed by atoms with van der Waals surface area (Å²) in [6, 6.07) is 0. The molecule has 1 aromatic rings. The standard InChI is InChI=1S/C9H12ClNOS/c1-5-8(10)6(2)13-9(5)7(12)4-11-3/h11H,4H2,1-3H3. The lowest BCUT2D eigenvalue weighted by atomic mass is 10.2. The van der Waals surface area contributed by atoms with Crippen molar-refractivity contribution in [3.05, 3.63) is 20.3 Å². The Balaban J connectivity index is 3.01. The van der Waals surface area contributed by atoms with E-state index in [0.717, 1.165) is 20.3 Å². The Morgan fingerprint density at radius 1 is 1.54 bits per heavy atom. The Kier molecular flexibility index (Phi) is 3.47. The van der Waals surface area contributed by atoms with E-state index in [4.69, 9.17) is 11.6 Å². The molecule has 1 rings (SSSR count). The predicted molar refractivity (Wildman–Crippen MR) is 57.1 cm³/mol. The lowest BCUT2D eigenvalue weighted by Gasteiger charge is -1.97. The largest absolute Gasteiger partial charge is 0.313 e. The summed E-state index contributed by atoms with van der Waals surface area (Å²) in [6.45, 7) is 4.18. The van der Waals surface area contributed by atoms with Crippen LogP contribution in [0, 0.1) is 13.8 Å². The second-order valence-electron chi connectivity index (χ2n) is 2.88. The SMILES string of the molecule is CNCC(=O)c1sc(C)c(Cl)c1C. The van der Waals surface area contributed by atoms with E-state index in [1.165, 1.54) is 11.3 Å². The van der Waals surface area contributed by atoms with Crippen LogP contribution in [0.3, 0.4) is 0 Å². The van der Waals surface area contributed by atoms with Crippen LogP contribution in [0.5, 0.6) is 0 Å². The molecule has 72 valence electrons. The van der Waals surface area contributed by atoms with E-state index >= 15 is 0 Å². The first kappa shape index (κ1) is 10.7. The summed E-state index contributed by atoms with van der Waals surface area (Å²) >= 11 is 7.45. The van der Waals surface area contributed by atoms with Crippen molar-refractivity contribution in [3.63, 3.8) is 0 Å². The number of rotatable bonds is 3. The van der Waals surface area contributed by atoms with Crippen molar-refractivity contribution in [2.75, 3.05) is 13.6 Å². The molecule has 0 spiro atoms. The number of hydrogen-bond donors (Lipinski definition) is 1. The smallest absolute Gasteiger partial charge is 0.186 e. The van der Waals surface area contributed by atoms with Gasteiger partial charge in [-0.3, -0.25) is 4.79 Å². The first-order valence-corrected chi connectivity index (χ1v) is 5.20. The number of aryl methyl sites for hydroxylation is 1. The Morgan fingerprint density at radius 3 is 2.54 bits per heavy atom. The molecule has 0 saturated carbocycles. The summed E-state index contributed by atoms with van der Waals surface area (Å²) in [6.07, 6.45) is 0. The molecule has 1 heterocycles. The van der Waals surface area contributed by atoms with E-state index in [2.05, 4.69) is 5.32 Å². The van der Waals surface area contributed by atoms with E-state index in [9.17, 15) is 4.79 Å². The third kappa shape index (κ3) is 2.10. The second-order valence-corrected chi connectivity index (χ2v) is 4.48. The number of ketones is 1. The molecule has 0 unspecified atom stereocenters. The molecule has 13 heavy (non-hydrogen) atoms. The van der Waals surface area contributed by atoms with Gasteiger partial charge in [0.2, 0.25) is 0 Å². The van der Waals surface area contributed by atoms with E-state index in [1.807, 2.05) is 13.8 Å². The van der Waals surface area contributed by atoms with Crippen LogP contribution < -0.4 is 5.32 Å². The molecular formula is C9H12ClNOS. The first-order chi connectivity index (χ1) is 6.07. The number of likely N-dealkylation sites (N-methyl/N-ethyl adjacent to an activating group) is 1. The van der Waals surface area contributed by atoms with Gasteiger partial charge in [0, 0.05) is 4.88 Å². The second kappa shape index (κ2) is 4.22. The zero-order valence-electron chi connectivity index (χ0n) is 7.90. The molecule has 0 aliphatic heterocycles. The molecule has 0 amide bonds. The monoisotopic (exact) mass is 217 g/mol. The first-order valence-electron chi connectivity index (χ1n) is 4.01. The number of Topliss-reactive ketones (excluding diaryl/α,β-unsaturated/α-hetero) is 1. The van der Waals surface area contributed by atoms with Gasteiger partial charge in [-0.15, -0.1) is 11.3 Å². The van der Waals surface area contributed by atoms with Gasteiger partial charge in [0.15, 0.2) is 5.78 Å². The van der Waals surface area contributed by atoms with Gasteiger partial charge >= 0.3 is 0 Å². The molecule has 0 aliphatic carbocycles. The van der Waals surface area contributed by atoms with Gasteiger partial charge in [-0.1, -0.05) is 11.6 Å². The van der Waals surface area contributed by atoms with Crippen molar-refractivity contribution in [2.45, 2.75) is 13.8 Å². The molecule has 2 nitrogen and oxygen atoms in total. The predicted octanol–water partition coefficient (Wildman–Crippen LogP) is 2.42. The molecule has 0 bridgehead atoms. The molecule has 1 aromatic heterocycles. The van der Waals surface area contributed by atoms with Crippen molar-refractivity contribution < 1.29 is 4.79 Å². The van der Waals surface area contributed by atoms with E-state index in [0.29, 0.717) is 6.54 Å². The summed E-state index contributed by atoms with van der Waals surface area (Å²) < 4.78 is 0. The van der Waals surface area contributed by atoms with Crippen LogP contribution in [-0.2, 0) is 0 Å². The highest BCUT2D eigenvalue weighted by Gasteiger charge is 2.15. The van der Waals surface area contributed by atoms with Gasteiger partial charge in [0.05, 0.1) is 16.4 Å². The number of halogens is 1. The van der Waals surface area contributed by atoms with Gasteiger partial charge in [-0.05, 0) is 26.5 Å². The zero-order valence-corrected chi connectivity index (χ0v) is 9.47. The zero-order chi connectivity index (χ0) is 10.0. The molecule has 0 atom stereocenters. The maximum absolute atomic E-state index is 11.5. The third-order valence-corrected chi connectivity index (χ3v) is 3.75. The maximum Gasteiger partial charge on any atom is 0.186 e. The molecule has 0 saturated heterocycles. The highest BCUT2D eigenvalue weighted by atomic mass is 35.5. The molecule has 0 aromatic carbocycles. The number of hydrogen-bond acceptors (Lipinski definition) is 3. The fourth-order valence-corrected chi connectivity index (χ4v) is 2.40. The molecule has 0 fully saturated rings. The molecule has 0 aliphatic rings. The average Bonchev–Trinajstić information content (AvgIpc) is 2.33. The van der Waals surface area contributed by atoms with Crippen LogP contribution in [0.15, 0.2) is 0 Å². The van der Waals surface area contributed by atoms with E-state index < -0.39 is 0 Å². The maximum atomic E-state index is 11.5. The van der Waals surface area contributed by atoms with Crippen molar-refractivity contribution in [2.24, 2.45) is 0 Å². The molecule has 4 heteroatoms. The van der Waals surface area contributed by atoms with Gasteiger partial charge in [-0.25, -0.2) is 0 Å². The normalized spacial score (nSPS) is 10.5. The van der Waals surface area contributed by atoms with Gasteiger partial charge < -0.3 is 5.32 Å². The number of nitrogens with one attached hydrogen (secondary N) is 1. The van der Waals surface area contributed by atoms with Crippen LogP contribution in [0.2, 0.25) is 5.02 Å². The van der Waals surface area contributed by atoms with Crippen LogP contribution in [-0.4, -0.2) is 19.4 Å². The molecule has 1 N–H and O–H groups in total. The number of carbonyl (C=O) groups excluding carboxylic acids is 1. The highest BCUT2D eigenvalue weighted by molar-refractivity contribution is 7.14. The summed E-state index contributed by atoms with van der Waals surface area (Å²) in [4.78, 5) is 13.3. The van der Waals surface area contributed by atoms with E-state index in [1.54, 1.807) is 7.05 Å². The third-order valence-electron chi connectivity index (χ3n) is 1.82. The van der Waals surface area contributed by atoms with Crippen molar-refractivity contribution in [1.29, 1.82) is 0 Å². The van der Waals surface area contributed by atoms with Gasteiger partial charge in [0.25, 0.3) is 0 Å². The minimum Gasteiger partial charge on any atom is -0.313 e. The van der Waals surface area contributed by atoms with Crippen LogP contribution >= 0.6 is 22.9 Å². The van der Waals surface area contributed by atoms with Crippen molar-refractivity contribution in [3.8, 4) is 0 Å². The quantitative estimate of drug-likeness (QED) is 0.788. The van der Waals surface area contributed by atoms with Crippen LogP contribution in [0.4, 0.5) is 0 Å². The Labute approximate surface area is 86.9 Å². The lowest BCUT2D eigenvalue weighted by Crippen LogP contribution is -2.18. The van der Waals surface area contributed by atoms with Crippen molar-refractivity contribution in [1.82, 2.24) is 5.32 Å². The highest BCUT2D eigenvalue weighted by Crippen LogP contribution is 2.31. The molecule has 0 radical (unpaired) electrons. The summed E-state index contributed by atoms with van der Waals surface area (Å²) in [5.74, 6) is 0.111. The van der Waals surface area contributed by atoms with Crippen LogP contribution in [0.25, 0.3) is 0 Å². The summed E-state index contributed by atoms with van der Waals surface area (Å²) in [5.41, 5.74) is 0.907. The minimum atomic E-state index is 0.111. The van der Waals surface area contributed by atoms with Gasteiger partial charge in [0.1, 0.15) is 0 Å². The van der Waals surface area contributed by atoms with Crippen molar-refractivity contribution >= 4 is 28.7 Å². The van der Waals surface area contributed by atoms with Gasteiger partial charge in [-0.2, -0.15) is 0 Å². The minimum absolute atomic E-state index is 0.111. The summed E-state index contributed by atoms with van der Waals surface area (Å²) in [7, 11) is 1.76. The Bertz CT molecular complexity index is 333. The number of carbonyl (C=O) groups is 1. The Morgan fingerprint density at radius 2 is 2.15 bits per heavy atom. The fraction of sp³-hybridized carbons (Fsp3) is 0.444. The topological polar surface area (TPSA) is 29.1 Å². The summed E-state index contributed by atoms with van der Waals surface area (Å²) in [5, 5.41) is 3.56. The number of thiophene rings is 1. The average molecular weight is 218 g/mol. The fourth-order valence-electron chi connectivity index (χ4n) is 1.15. The van der Waals surface area contributed by atoms with Crippen LogP contribution in [0.1, 0.15) is 20.1 Å². The Hall–Kier alpha value is -0.380.